The van der Waals surface area contributed by atoms with E-state index in [-0.39, 0.29) is 0 Å². The molecule has 0 saturated heterocycles. The van der Waals surface area contributed by atoms with Crippen LogP contribution in [0.3, 0.4) is 0 Å². The van der Waals surface area contributed by atoms with Crippen molar-refractivity contribution in [3.63, 3.8) is 0 Å². The lowest BCUT2D eigenvalue weighted by molar-refractivity contribution is 1.12. The predicted octanol–water partition coefficient (Wildman–Crippen LogP) is 3.85. The lowest BCUT2D eigenvalue weighted by Crippen LogP contribution is -2.29. The monoisotopic (exact) mass is 259 g/mol. The van der Waals surface area contributed by atoms with Gasteiger partial charge in [-0.3, -0.25) is 10.9 Å². The van der Waals surface area contributed by atoms with E-state index >= 15 is 0 Å². The maximum absolute atomic E-state index is 4.65. The lowest BCUT2D eigenvalue weighted by atomic mass is 10.0. The molecule has 3 nitrogen and oxygen atoms in total. The molecule has 4 rings (SSSR count). The third kappa shape index (κ3) is 1.72. The molecule has 0 amide bonds. The second kappa shape index (κ2) is 4.38. The molecule has 96 valence electrons. The van der Waals surface area contributed by atoms with Gasteiger partial charge in [0.2, 0.25) is 0 Å². The Hall–Kier alpha value is -2.81. The fourth-order valence-corrected chi connectivity index (χ4v) is 2.54. The zero-order valence-corrected chi connectivity index (χ0v) is 10.8. The van der Waals surface area contributed by atoms with Crippen LogP contribution in [0.15, 0.2) is 71.7 Å². The standard InChI is InChI=1S/C17H13N3/c1-2-8-13(9-3-1)19-20-17-14-10-4-6-12-7-5-11-15(18-17)16(12)14/h1-11,19H,(H,18,20). The number of amidine groups is 1. The van der Waals surface area contributed by atoms with Crippen LogP contribution >= 0.6 is 0 Å². The fraction of sp³-hybridized carbons (Fsp3) is 0. The summed E-state index contributed by atoms with van der Waals surface area (Å²) in [4.78, 5) is 4.65. The van der Waals surface area contributed by atoms with Crippen molar-refractivity contribution in [2.75, 3.05) is 5.43 Å². The van der Waals surface area contributed by atoms with E-state index < -0.39 is 0 Å². The first-order chi connectivity index (χ1) is 9.92. The van der Waals surface area contributed by atoms with E-state index in [1.54, 1.807) is 0 Å². The first-order valence-corrected chi connectivity index (χ1v) is 6.60. The number of benzene rings is 3. The van der Waals surface area contributed by atoms with Crippen molar-refractivity contribution in [2.45, 2.75) is 0 Å². The van der Waals surface area contributed by atoms with Gasteiger partial charge in [-0.1, -0.05) is 48.5 Å². The summed E-state index contributed by atoms with van der Waals surface area (Å²) in [5, 5.41) is 2.44. The zero-order valence-electron chi connectivity index (χ0n) is 10.8. The number of nitrogens with zero attached hydrogens (tertiary/aromatic N) is 1. The Morgan fingerprint density at radius 2 is 1.50 bits per heavy atom. The fourth-order valence-electron chi connectivity index (χ4n) is 2.54. The number of para-hydroxylation sites is 1. The molecule has 0 aliphatic carbocycles. The van der Waals surface area contributed by atoms with E-state index in [1.165, 1.54) is 10.8 Å². The number of nitrogens with one attached hydrogen (secondary N) is 2. The molecule has 1 aliphatic rings. The summed E-state index contributed by atoms with van der Waals surface area (Å²) in [5.74, 6) is 0.862. The maximum Gasteiger partial charge on any atom is 0.153 e. The molecule has 20 heavy (non-hydrogen) atoms. The third-order valence-corrected chi connectivity index (χ3v) is 3.47. The topological polar surface area (TPSA) is 36.4 Å². The summed E-state index contributed by atoms with van der Waals surface area (Å²) >= 11 is 0. The highest BCUT2D eigenvalue weighted by Gasteiger charge is 2.17. The average Bonchev–Trinajstić information content (AvgIpc) is 2.87. The van der Waals surface area contributed by atoms with Crippen LogP contribution in [-0.4, -0.2) is 5.84 Å². The molecule has 0 aromatic heterocycles. The molecule has 1 aliphatic heterocycles. The molecule has 3 aromatic carbocycles. The minimum atomic E-state index is 0.862. The normalized spacial score (nSPS) is 12.3. The number of hydrogen-bond donors (Lipinski definition) is 2. The van der Waals surface area contributed by atoms with Gasteiger partial charge in [0.05, 0.1) is 11.4 Å². The Morgan fingerprint density at radius 3 is 2.35 bits per heavy atom. The molecular weight excluding hydrogens is 246 g/mol. The maximum atomic E-state index is 4.65. The van der Waals surface area contributed by atoms with Gasteiger partial charge >= 0.3 is 0 Å². The van der Waals surface area contributed by atoms with E-state index in [4.69, 9.17) is 0 Å². The zero-order chi connectivity index (χ0) is 13.4. The van der Waals surface area contributed by atoms with Crippen LogP contribution in [0.4, 0.5) is 11.4 Å². The molecule has 3 aromatic rings. The van der Waals surface area contributed by atoms with Crippen LogP contribution in [0.25, 0.3) is 10.8 Å². The summed E-state index contributed by atoms with van der Waals surface area (Å²) in [6.07, 6.45) is 0. The Morgan fingerprint density at radius 1 is 0.700 bits per heavy atom. The minimum absolute atomic E-state index is 0.862. The average molecular weight is 259 g/mol. The van der Waals surface area contributed by atoms with Gasteiger partial charge in [0.25, 0.3) is 0 Å². The SMILES string of the molecule is c1ccc(NNC2=Nc3cccc4cccc2c34)cc1. The summed E-state index contributed by atoms with van der Waals surface area (Å²) in [7, 11) is 0. The van der Waals surface area contributed by atoms with E-state index in [9.17, 15) is 0 Å². The van der Waals surface area contributed by atoms with Crippen molar-refractivity contribution in [1.82, 2.24) is 5.43 Å². The first kappa shape index (κ1) is 11.1. The number of anilines is 1. The van der Waals surface area contributed by atoms with Crippen LogP contribution in [0.1, 0.15) is 5.56 Å². The van der Waals surface area contributed by atoms with Crippen LogP contribution in [0, 0.1) is 0 Å². The van der Waals surface area contributed by atoms with Crippen LogP contribution in [0.2, 0.25) is 0 Å². The second-order valence-electron chi connectivity index (χ2n) is 4.76. The van der Waals surface area contributed by atoms with Gasteiger partial charge < -0.3 is 0 Å². The van der Waals surface area contributed by atoms with Crippen molar-refractivity contribution in [3.05, 3.63) is 72.3 Å². The molecule has 0 saturated carbocycles. The smallest absolute Gasteiger partial charge is 0.153 e. The molecule has 0 radical (unpaired) electrons. The number of hydrazine groups is 1. The largest absolute Gasteiger partial charge is 0.300 e. The highest BCUT2D eigenvalue weighted by molar-refractivity contribution is 6.19. The molecule has 0 bridgehead atoms. The van der Waals surface area contributed by atoms with E-state index in [0.717, 1.165) is 22.8 Å². The number of rotatable bonds is 2. The first-order valence-electron chi connectivity index (χ1n) is 6.60. The van der Waals surface area contributed by atoms with Gasteiger partial charge in [-0.2, -0.15) is 0 Å². The molecule has 0 fully saturated rings. The van der Waals surface area contributed by atoms with Crippen LogP contribution in [0.5, 0.6) is 0 Å². The Kier molecular flexibility index (Phi) is 2.42. The van der Waals surface area contributed by atoms with Crippen LogP contribution in [-0.2, 0) is 0 Å². The van der Waals surface area contributed by atoms with Crippen molar-refractivity contribution in [1.29, 1.82) is 0 Å². The number of hydrogen-bond acceptors (Lipinski definition) is 3. The summed E-state index contributed by atoms with van der Waals surface area (Å²) in [6.45, 7) is 0. The van der Waals surface area contributed by atoms with Crippen molar-refractivity contribution >= 4 is 28.0 Å². The molecule has 2 N–H and O–H groups in total. The van der Waals surface area contributed by atoms with Crippen LogP contribution < -0.4 is 10.9 Å². The molecule has 1 heterocycles. The summed E-state index contributed by atoms with van der Waals surface area (Å²) in [5.41, 5.74) is 9.56. The Bertz CT molecular complexity index is 802. The molecule has 0 spiro atoms. The van der Waals surface area contributed by atoms with E-state index in [1.807, 2.05) is 42.5 Å². The van der Waals surface area contributed by atoms with Crippen molar-refractivity contribution in [3.8, 4) is 0 Å². The highest BCUT2D eigenvalue weighted by Crippen LogP contribution is 2.34. The van der Waals surface area contributed by atoms with Crippen molar-refractivity contribution in [2.24, 2.45) is 4.99 Å². The second-order valence-corrected chi connectivity index (χ2v) is 4.76. The highest BCUT2D eigenvalue weighted by atomic mass is 15.4. The van der Waals surface area contributed by atoms with Gasteiger partial charge in [0, 0.05) is 10.9 Å². The number of aliphatic imine (C=N–C) groups is 1. The Balaban J connectivity index is 1.67. The van der Waals surface area contributed by atoms with E-state index in [0.29, 0.717) is 0 Å². The lowest BCUT2D eigenvalue weighted by Gasteiger charge is -2.10. The van der Waals surface area contributed by atoms with Gasteiger partial charge in [-0.05, 0) is 23.6 Å². The molecule has 0 unspecified atom stereocenters. The van der Waals surface area contributed by atoms with Gasteiger partial charge in [-0.15, -0.1) is 0 Å². The quantitative estimate of drug-likeness (QED) is 0.686. The molecule has 3 heteroatoms. The third-order valence-electron chi connectivity index (χ3n) is 3.47. The predicted molar refractivity (Wildman–Crippen MR) is 83.3 cm³/mol. The van der Waals surface area contributed by atoms with Crippen molar-refractivity contribution < 1.29 is 0 Å². The van der Waals surface area contributed by atoms with Gasteiger partial charge in [0.15, 0.2) is 5.84 Å². The Labute approximate surface area is 116 Å². The van der Waals surface area contributed by atoms with Gasteiger partial charge in [0.1, 0.15) is 0 Å². The summed E-state index contributed by atoms with van der Waals surface area (Å²) in [6, 6.07) is 22.5. The summed E-state index contributed by atoms with van der Waals surface area (Å²) < 4.78 is 0. The minimum Gasteiger partial charge on any atom is -0.300 e. The molecular formula is C17H13N3. The van der Waals surface area contributed by atoms with Gasteiger partial charge in [-0.25, -0.2) is 4.99 Å². The molecule has 0 atom stereocenters. The van der Waals surface area contributed by atoms with E-state index in [2.05, 4.69) is 40.1 Å².